The van der Waals surface area contributed by atoms with E-state index in [9.17, 15) is 0 Å². The number of benzene rings is 1. The molecule has 0 spiro atoms. The van der Waals surface area contributed by atoms with E-state index in [2.05, 4.69) is 65.8 Å². The van der Waals surface area contributed by atoms with Gasteiger partial charge >= 0.3 is 0 Å². The quantitative estimate of drug-likeness (QED) is 0.486. The van der Waals surface area contributed by atoms with Gasteiger partial charge in [0.2, 0.25) is 0 Å². The van der Waals surface area contributed by atoms with Gasteiger partial charge in [-0.2, -0.15) is 0 Å². The van der Waals surface area contributed by atoms with E-state index in [1.807, 2.05) is 13.1 Å². The molecule has 4 heteroatoms. The minimum Gasteiger partial charge on any atom is -0.380 e. The molecule has 0 amide bonds. The van der Waals surface area contributed by atoms with Crippen LogP contribution in [-0.4, -0.2) is 37.1 Å². The second-order valence-electron chi connectivity index (χ2n) is 6.70. The molecule has 1 fully saturated rings. The highest BCUT2D eigenvalue weighted by Gasteiger charge is 2.15. The molecule has 0 bridgehead atoms. The van der Waals surface area contributed by atoms with Gasteiger partial charge < -0.3 is 5.32 Å². The molecule has 140 valence electrons. The first-order chi connectivity index (χ1) is 12.6. The third-order valence-corrected chi connectivity index (χ3v) is 5.40. The Morgan fingerprint density at radius 2 is 1.96 bits per heavy atom. The molecule has 2 rings (SSSR count). The van der Waals surface area contributed by atoms with E-state index < -0.39 is 0 Å². The van der Waals surface area contributed by atoms with Crippen LogP contribution in [0.2, 0.25) is 0 Å². The fourth-order valence-electron chi connectivity index (χ4n) is 2.93. The summed E-state index contributed by atoms with van der Waals surface area (Å²) in [6.07, 6.45) is 7.62. The Labute approximate surface area is 163 Å². The van der Waals surface area contributed by atoms with Crippen molar-refractivity contribution in [2.24, 2.45) is 4.99 Å². The summed E-state index contributed by atoms with van der Waals surface area (Å²) >= 11 is 1.77. The number of hydrogen-bond acceptors (Lipinski definition) is 4. The SMILES string of the molecule is C=N/C=C(/CN1CCC(=Cc2ccc(CC)cc2)CC1)SCNC(=C)C. The van der Waals surface area contributed by atoms with Crippen LogP contribution in [0.4, 0.5) is 0 Å². The number of thioether (sulfide) groups is 1. The van der Waals surface area contributed by atoms with Crippen molar-refractivity contribution in [1.82, 2.24) is 10.2 Å². The Hall–Kier alpha value is -1.78. The van der Waals surface area contributed by atoms with E-state index in [1.165, 1.54) is 16.0 Å². The average molecular weight is 370 g/mol. The fourth-order valence-corrected chi connectivity index (χ4v) is 3.85. The number of piperidine rings is 1. The van der Waals surface area contributed by atoms with Crippen LogP contribution < -0.4 is 5.32 Å². The summed E-state index contributed by atoms with van der Waals surface area (Å²) in [7, 11) is 0. The van der Waals surface area contributed by atoms with Crippen molar-refractivity contribution >= 4 is 24.6 Å². The Balaban J connectivity index is 1.84. The van der Waals surface area contributed by atoms with Crippen LogP contribution in [0.25, 0.3) is 6.08 Å². The van der Waals surface area contributed by atoms with E-state index in [0.717, 1.165) is 50.5 Å². The van der Waals surface area contributed by atoms with Gasteiger partial charge in [0, 0.05) is 36.4 Å². The highest BCUT2D eigenvalue weighted by Crippen LogP contribution is 2.23. The minimum atomic E-state index is 0.823. The van der Waals surface area contributed by atoms with E-state index in [1.54, 1.807) is 17.3 Å². The van der Waals surface area contributed by atoms with Gasteiger partial charge in [-0.15, -0.1) is 11.8 Å². The monoisotopic (exact) mass is 369 g/mol. The highest BCUT2D eigenvalue weighted by atomic mass is 32.2. The summed E-state index contributed by atoms with van der Waals surface area (Å²) in [5.74, 6) is 0.823. The van der Waals surface area contributed by atoms with Crippen molar-refractivity contribution in [1.29, 1.82) is 0 Å². The summed E-state index contributed by atoms with van der Waals surface area (Å²) in [6.45, 7) is 14.8. The molecule has 0 atom stereocenters. The topological polar surface area (TPSA) is 27.6 Å². The zero-order valence-corrected chi connectivity index (χ0v) is 16.9. The molecule has 26 heavy (non-hydrogen) atoms. The van der Waals surface area contributed by atoms with Crippen LogP contribution in [0.15, 0.2) is 58.2 Å². The Kier molecular flexibility index (Phi) is 8.72. The number of allylic oxidation sites excluding steroid dienone is 1. The molecule has 0 unspecified atom stereocenters. The zero-order chi connectivity index (χ0) is 18.8. The van der Waals surface area contributed by atoms with Gasteiger partial charge in [-0.05, 0) is 44.0 Å². The molecular weight excluding hydrogens is 338 g/mol. The molecule has 1 heterocycles. The maximum atomic E-state index is 3.96. The standard InChI is InChI=1S/C22H31N3S/c1-5-19-6-8-20(9-7-19)14-21-10-12-25(13-11-21)16-22(15-23-4)26-17-24-18(2)3/h6-9,14-15,24H,2,4-5,10-13,16-17H2,1,3H3/b22-15-. The summed E-state index contributed by atoms with van der Waals surface area (Å²) < 4.78 is 0. The van der Waals surface area contributed by atoms with Crippen molar-refractivity contribution in [2.45, 2.75) is 33.1 Å². The third-order valence-electron chi connectivity index (χ3n) is 4.50. The van der Waals surface area contributed by atoms with E-state index in [4.69, 9.17) is 0 Å². The third kappa shape index (κ3) is 7.22. The Morgan fingerprint density at radius 1 is 1.27 bits per heavy atom. The molecule has 1 aromatic carbocycles. The van der Waals surface area contributed by atoms with Gasteiger partial charge in [-0.1, -0.05) is 49.4 Å². The Morgan fingerprint density at radius 3 is 2.54 bits per heavy atom. The maximum absolute atomic E-state index is 3.96. The Bertz CT molecular complexity index is 648. The van der Waals surface area contributed by atoms with Crippen molar-refractivity contribution in [2.75, 3.05) is 25.5 Å². The average Bonchev–Trinajstić information content (AvgIpc) is 2.64. The van der Waals surface area contributed by atoms with Gasteiger partial charge in [0.15, 0.2) is 0 Å². The van der Waals surface area contributed by atoms with Crippen molar-refractivity contribution in [3.05, 3.63) is 64.3 Å². The van der Waals surface area contributed by atoms with Crippen molar-refractivity contribution < 1.29 is 0 Å². The molecule has 1 aliphatic heterocycles. The summed E-state index contributed by atoms with van der Waals surface area (Å²) in [4.78, 5) is 7.71. The first-order valence-electron chi connectivity index (χ1n) is 9.28. The summed E-state index contributed by atoms with van der Waals surface area (Å²) in [5, 5.41) is 3.25. The highest BCUT2D eigenvalue weighted by molar-refractivity contribution is 8.03. The smallest absolute Gasteiger partial charge is 0.0651 e. The number of nitrogens with one attached hydrogen (secondary N) is 1. The fraction of sp³-hybridized carbons (Fsp3) is 0.409. The van der Waals surface area contributed by atoms with E-state index in [-0.39, 0.29) is 0 Å². The number of nitrogens with zero attached hydrogens (tertiary/aromatic N) is 2. The largest absolute Gasteiger partial charge is 0.380 e. The predicted octanol–water partition coefficient (Wildman–Crippen LogP) is 5.08. The van der Waals surface area contributed by atoms with Crippen LogP contribution >= 0.6 is 11.8 Å². The number of rotatable bonds is 9. The lowest BCUT2D eigenvalue weighted by Crippen LogP contribution is -2.32. The van der Waals surface area contributed by atoms with Gasteiger partial charge in [-0.25, -0.2) is 0 Å². The number of likely N-dealkylation sites (tertiary alicyclic amines) is 1. The molecule has 0 saturated carbocycles. The first kappa shape index (κ1) is 20.5. The van der Waals surface area contributed by atoms with Crippen LogP contribution in [0, 0.1) is 0 Å². The molecule has 1 N–H and O–H groups in total. The lowest BCUT2D eigenvalue weighted by atomic mass is 10.00. The van der Waals surface area contributed by atoms with Gasteiger partial charge in [-0.3, -0.25) is 9.89 Å². The molecular formula is C22H31N3S. The van der Waals surface area contributed by atoms with E-state index in [0.29, 0.717) is 0 Å². The van der Waals surface area contributed by atoms with E-state index >= 15 is 0 Å². The van der Waals surface area contributed by atoms with Crippen LogP contribution in [-0.2, 0) is 6.42 Å². The molecule has 3 nitrogen and oxygen atoms in total. The lowest BCUT2D eigenvalue weighted by Gasteiger charge is -2.29. The number of aryl methyl sites for hydroxylation is 1. The molecule has 1 aliphatic rings. The molecule has 0 radical (unpaired) electrons. The summed E-state index contributed by atoms with van der Waals surface area (Å²) in [6, 6.07) is 8.94. The zero-order valence-electron chi connectivity index (χ0n) is 16.1. The van der Waals surface area contributed by atoms with Crippen molar-refractivity contribution in [3.63, 3.8) is 0 Å². The second-order valence-corrected chi connectivity index (χ2v) is 7.80. The lowest BCUT2D eigenvalue weighted by molar-refractivity contribution is 0.282. The molecule has 1 aromatic rings. The molecule has 1 saturated heterocycles. The van der Waals surface area contributed by atoms with Crippen LogP contribution in [0.3, 0.4) is 0 Å². The summed E-state index contributed by atoms with van der Waals surface area (Å²) in [5.41, 5.74) is 5.26. The molecule has 0 aliphatic carbocycles. The number of hydrogen-bond donors (Lipinski definition) is 1. The van der Waals surface area contributed by atoms with Gasteiger partial charge in [0.25, 0.3) is 0 Å². The second kappa shape index (κ2) is 11.0. The maximum Gasteiger partial charge on any atom is 0.0651 e. The minimum absolute atomic E-state index is 0.823. The normalized spacial score (nSPS) is 15.6. The first-order valence-corrected chi connectivity index (χ1v) is 10.3. The molecule has 0 aromatic heterocycles. The van der Waals surface area contributed by atoms with Gasteiger partial charge in [0.1, 0.15) is 0 Å². The van der Waals surface area contributed by atoms with Crippen molar-refractivity contribution in [3.8, 4) is 0 Å². The van der Waals surface area contributed by atoms with Crippen LogP contribution in [0.1, 0.15) is 37.8 Å². The number of aliphatic imine (C=N–C) groups is 1. The predicted molar refractivity (Wildman–Crippen MR) is 118 cm³/mol. The van der Waals surface area contributed by atoms with Gasteiger partial charge in [0.05, 0.1) is 5.88 Å². The van der Waals surface area contributed by atoms with Crippen LogP contribution in [0.5, 0.6) is 0 Å².